The zero-order valence-electron chi connectivity index (χ0n) is 12.6. The van der Waals surface area contributed by atoms with Crippen LogP contribution in [0.15, 0.2) is 30.3 Å². The molecule has 1 heterocycles. The number of H-pyrrole nitrogens is 1. The second-order valence-corrected chi connectivity index (χ2v) is 4.58. The van der Waals surface area contributed by atoms with E-state index in [1.165, 1.54) is 26.4 Å². The minimum Gasteiger partial charge on any atom is -0.354 e. The topological polar surface area (TPSA) is 119 Å². The first-order chi connectivity index (χ1) is 11.0. The van der Waals surface area contributed by atoms with E-state index in [2.05, 4.69) is 15.5 Å². The fourth-order valence-electron chi connectivity index (χ4n) is 1.87. The van der Waals surface area contributed by atoms with Gasteiger partial charge < -0.3 is 14.8 Å². The van der Waals surface area contributed by atoms with Crippen LogP contribution < -0.4 is 5.32 Å². The Labute approximate surface area is 131 Å². The Bertz CT molecular complexity index is 679. The van der Waals surface area contributed by atoms with E-state index in [4.69, 9.17) is 9.47 Å². The number of non-ortho nitro benzene ring substituents is 1. The van der Waals surface area contributed by atoms with Crippen molar-refractivity contribution in [2.45, 2.75) is 6.29 Å². The van der Waals surface area contributed by atoms with Crippen molar-refractivity contribution in [1.82, 2.24) is 15.5 Å². The molecular formula is C14H16N4O5. The number of rotatable bonds is 7. The van der Waals surface area contributed by atoms with Gasteiger partial charge in [-0.25, -0.2) is 0 Å². The van der Waals surface area contributed by atoms with E-state index < -0.39 is 11.2 Å². The average molecular weight is 320 g/mol. The lowest BCUT2D eigenvalue weighted by Gasteiger charge is -2.13. The Morgan fingerprint density at radius 2 is 2.00 bits per heavy atom. The minimum atomic E-state index is -0.531. The number of carbonyl (C=O) groups excluding carboxylic acids is 1. The molecule has 0 bridgehead atoms. The summed E-state index contributed by atoms with van der Waals surface area (Å²) in [5, 5.41) is 19.9. The molecule has 23 heavy (non-hydrogen) atoms. The number of nitro groups is 1. The minimum absolute atomic E-state index is 0.00701. The number of nitrogens with one attached hydrogen (secondary N) is 2. The highest BCUT2D eigenvalue weighted by atomic mass is 16.7. The highest BCUT2D eigenvalue weighted by molar-refractivity contribution is 5.93. The first kappa shape index (κ1) is 16.6. The Hall–Kier alpha value is -2.78. The molecule has 1 amide bonds. The molecule has 9 heteroatoms. The summed E-state index contributed by atoms with van der Waals surface area (Å²) in [5.74, 6) is -0.357. The molecule has 122 valence electrons. The fraction of sp³-hybridized carbons (Fsp3) is 0.286. The Morgan fingerprint density at radius 1 is 1.35 bits per heavy atom. The van der Waals surface area contributed by atoms with Crippen molar-refractivity contribution in [1.29, 1.82) is 0 Å². The van der Waals surface area contributed by atoms with Crippen LogP contribution in [0.2, 0.25) is 0 Å². The number of methoxy groups -OCH3 is 2. The van der Waals surface area contributed by atoms with Crippen molar-refractivity contribution in [2.75, 3.05) is 20.8 Å². The molecule has 0 aliphatic heterocycles. The van der Waals surface area contributed by atoms with Gasteiger partial charge in [-0.1, -0.05) is 0 Å². The molecule has 0 spiro atoms. The predicted octanol–water partition coefficient (Wildman–Crippen LogP) is 1.33. The molecule has 0 unspecified atom stereocenters. The number of benzene rings is 1. The van der Waals surface area contributed by atoms with Gasteiger partial charge in [0.25, 0.3) is 11.6 Å². The highest BCUT2D eigenvalue weighted by Crippen LogP contribution is 2.21. The fourth-order valence-corrected chi connectivity index (χ4v) is 1.87. The monoisotopic (exact) mass is 320 g/mol. The molecule has 0 radical (unpaired) electrons. The van der Waals surface area contributed by atoms with Crippen LogP contribution in [-0.4, -0.2) is 48.1 Å². The normalized spacial score (nSPS) is 10.7. The highest BCUT2D eigenvalue weighted by Gasteiger charge is 2.14. The van der Waals surface area contributed by atoms with Gasteiger partial charge in [-0.2, -0.15) is 5.10 Å². The van der Waals surface area contributed by atoms with Gasteiger partial charge >= 0.3 is 0 Å². The molecule has 0 atom stereocenters. The predicted molar refractivity (Wildman–Crippen MR) is 80.8 cm³/mol. The number of aromatic nitrogens is 2. The van der Waals surface area contributed by atoms with Crippen molar-refractivity contribution in [3.63, 3.8) is 0 Å². The van der Waals surface area contributed by atoms with Gasteiger partial charge in [0, 0.05) is 31.9 Å². The summed E-state index contributed by atoms with van der Waals surface area (Å²) >= 11 is 0. The van der Waals surface area contributed by atoms with Crippen LogP contribution in [0.5, 0.6) is 0 Å². The molecule has 0 saturated heterocycles. The third kappa shape index (κ3) is 4.11. The summed E-state index contributed by atoms with van der Waals surface area (Å²) in [5.41, 5.74) is 1.44. The third-order valence-electron chi connectivity index (χ3n) is 3.15. The molecule has 2 aromatic rings. The van der Waals surface area contributed by atoms with Gasteiger partial charge in [0.05, 0.1) is 17.2 Å². The first-order valence-electron chi connectivity index (χ1n) is 6.69. The van der Waals surface area contributed by atoms with Crippen LogP contribution >= 0.6 is 0 Å². The van der Waals surface area contributed by atoms with Crippen LogP contribution in [0.25, 0.3) is 11.3 Å². The van der Waals surface area contributed by atoms with Crippen LogP contribution in [0.3, 0.4) is 0 Å². The van der Waals surface area contributed by atoms with E-state index in [1.807, 2.05) is 0 Å². The summed E-state index contributed by atoms with van der Waals surface area (Å²) in [6, 6.07) is 7.46. The van der Waals surface area contributed by atoms with Crippen LogP contribution in [0.4, 0.5) is 5.69 Å². The van der Waals surface area contributed by atoms with Crippen molar-refractivity contribution in [2.24, 2.45) is 0 Å². The number of aromatic amines is 1. The molecule has 2 rings (SSSR count). The molecule has 0 aliphatic rings. The smallest absolute Gasteiger partial charge is 0.269 e. The summed E-state index contributed by atoms with van der Waals surface area (Å²) < 4.78 is 9.95. The van der Waals surface area contributed by atoms with Crippen molar-refractivity contribution in [3.8, 4) is 11.3 Å². The molecule has 0 fully saturated rings. The summed E-state index contributed by atoms with van der Waals surface area (Å²) in [6.07, 6.45) is -0.531. The maximum Gasteiger partial charge on any atom is 0.269 e. The molecule has 2 N–H and O–H groups in total. The van der Waals surface area contributed by atoms with Crippen molar-refractivity contribution in [3.05, 3.63) is 46.1 Å². The van der Waals surface area contributed by atoms with Gasteiger partial charge in [0.1, 0.15) is 5.69 Å². The van der Waals surface area contributed by atoms with E-state index in [0.29, 0.717) is 11.3 Å². The number of nitro benzene ring substituents is 1. The van der Waals surface area contributed by atoms with Crippen LogP contribution in [-0.2, 0) is 9.47 Å². The number of hydrogen-bond acceptors (Lipinski definition) is 6. The lowest BCUT2D eigenvalue weighted by atomic mass is 10.1. The lowest BCUT2D eigenvalue weighted by molar-refractivity contribution is -0.384. The zero-order valence-corrected chi connectivity index (χ0v) is 12.6. The molecule has 1 aromatic heterocycles. The summed E-state index contributed by atoms with van der Waals surface area (Å²) in [4.78, 5) is 22.1. The van der Waals surface area contributed by atoms with E-state index in [-0.39, 0.29) is 23.8 Å². The quantitative estimate of drug-likeness (QED) is 0.451. The van der Waals surface area contributed by atoms with Crippen LogP contribution in [0.1, 0.15) is 10.5 Å². The summed E-state index contributed by atoms with van der Waals surface area (Å²) in [6.45, 7) is 0.192. The van der Waals surface area contributed by atoms with Gasteiger partial charge in [-0.15, -0.1) is 0 Å². The van der Waals surface area contributed by atoms with Gasteiger partial charge in [0.2, 0.25) is 0 Å². The van der Waals surface area contributed by atoms with Crippen molar-refractivity contribution >= 4 is 11.6 Å². The maximum atomic E-state index is 12.0. The standard InChI is InChI=1S/C14H16N4O5/c1-22-13(23-2)8-15-14(19)12-7-11(16-17-12)9-3-5-10(6-4-9)18(20)21/h3-7,13H,8H2,1-2H3,(H,15,19)(H,16,17). The Balaban J connectivity index is 2.05. The van der Waals surface area contributed by atoms with Crippen molar-refractivity contribution < 1.29 is 19.2 Å². The molecular weight excluding hydrogens is 304 g/mol. The third-order valence-corrected chi connectivity index (χ3v) is 3.15. The molecule has 0 aliphatic carbocycles. The SMILES string of the molecule is COC(CNC(=O)c1cc(-c2ccc([N+](=O)[O-])cc2)n[nH]1)OC. The van der Waals surface area contributed by atoms with Gasteiger partial charge in [0.15, 0.2) is 6.29 Å². The van der Waals surface area contributed by atoms with E-state index >= 15 is 0 Å². The largest absolute Gasteiger partial charge is 0.354 e. The Morgan fingerprint density at radius 3 is 2.57 bits per heavy atom. The van der Waals surface area contributed by atoms with Gasteiger partial charge in [-0.05, 0) is 18.2 Å². The number of ether oxygens (including phenoxy) is 2. The lowest BCUT2D eigenvalue weighted by Crippen LogP contribution is -2.34. The molecule has 1 aromatic carbocycles. The maximum absolute atomic E-state index is 12.0. The summed E-state index contributed by atoms with van der Waals surface area (Å²) in [7, 11) is 2.95. The average Bonchev–Trinajstić information content (AvgIpc) is 3.05. The van der Waals surface area contributed by atoms with E-state index in [0.717, 1.165) is 0 Å². The van der Waals surface area contributed by atoms with E-state index in [9.17, 15) is 14.9 Å². The molecule has 0 saturated carbocycles. The first-order valence-corrected chi connectivity index (χ1v) is 6.69. The Kier molecular flexibility index (Phi) is 5.39. The van der Waals surface area contributed by atoms with Crippen LogP contribution in [0, 0.1) is 10.1 Å². The number of hydrogen-bond donors (Lipinski definition) is 2. The number of nitrogens with zero attached hydrogens (tertiary/aromatic N) is 2. The second kappa shape index (κ2) is 7.47. The second-order valence-electron chi connectivity index (χ2n) is 4.58. The molecule has 9 nitrogen and oxygen atoms in total. The number of amides is 1. The van der Waals surface area contributed by atoms with E-state index in [1.54, 1.807) is 18.2 Å². The van der Waals surface area contributed by atoms with Gasteiger partial charge in [-0.3, -0.25) is 20.0 Å². The zero-order chi connectivity index (χ0) is 16.8. The number of carbonyl (C=O) groups is 1.